The Morgan fingerprint density at radius 2 is 1.19 bits per heavy atom. The molecule has 4 rings (SSSR count). The van der Waals surface area contributed by atoms with Gasteiger partial charge in [0.2, 0.25) is 0 Å². The fraction of sp³-hybridized carbons (Fsp3) is 0.400. The number of anilines is 1. The van der Waals surface area contributed by atoms with Gasteiger partial charge in [-0.2, -0.15) is 0 Å². The lowest BCUT2D eigenvalue weighted by atomic mass is 10.1. The molecule has 2 saturated heterocycles. The fourth-order valence-corrected chi connectivity index (χ4v) is 3.34. The van der Waals surface area contributed by atoms with Crippen molar-refractivity contribution in [2.24, 2.45) is 0 Å². The van der Waals surface area contributed by atoms with E-state index in [1.807, 2.05) is 13.8 Å². The summed E-state index contributed by atoms with van der Waals surface area (Å²) in [5.41, 5.74) is 1.65. The number of rotatable bonds is 3. The largest absolute Gasteiger partial charge is 0.332 e. The first-order valence-electron chi connectivity index (χ1n) is 9.04. The van der Waals surface area contributed by atoms with Crippen molar-refractivity contribution in [2.45, 2.75) is 39.8 Å². The second kappa shape index (κ2) is 5.77. The molecule has 27 heavy (non-hydrogen) atoms. The number of hydrogen-bond donors (Lipinski definition) is 0. The van der Waals surface area contributed by atoms with E-state index in [0.29, 0.717) is 35.4 Å². The van der Waals surface area contributed by atoms with Crippen LogP contribution in [0.3, 0.4) is 0 Å². The van der Waals surface area contributed by atoms with E-state index in [2.05, 4.69) is 0 Å². The van der Waals surface area contributed by atoms with Crippen molar-refractivity contribution in [2.75, 3.05) is 18.0 Å². The normalized spacial score (nSPS) is 24.1. The van der Waals surface area contributed by atoms with E-state index in [4.69, 9.17) is 0 Å². The minimum absolute atomic E-state index is 0.161. The fourth-order valence-electron chi connectivity index (χ4n) is 3.34. The first kappa shape index (κ1) is 17.5. The van der Waals surface area contributed by atoms with Gasteiger partial charge in [0.1, 0.15) is 0 Å². The van der Waals surface area contributed by atoms with Crippen molar-refractivity contribution in [1.29, 1.82) is 0 Å². The van der Waals surface area contributed by atoms with E-state index >= 15 is 0 Å². The highest BCUT2D eigenvalue weighted by molar-refractivity contribution is 6.32. The van der Waals surface area contributed by atoms with Crippen LogP contribution in [0.5, 0.6) is 0 Å². The molecule has 0 aliphatic carbocycles. The molecular weight excluding hydrogens is 346 g/mol. The van der Waals surface area contributed by atoms with Crippen LogP contribution in [0.4, 0.5) is 5.69 Å². The molecule has 7 nitrogen and oxygen atoms in total. The van der Waals surface area contributed by atoms with Crippen molar-refractivity contribution in [3.63, 3.8) is 0 Å². The molecule has 7 heteroatoms. The second-order valence-corrected chi connectivity index (χ2v) is 7.58. The average molecular weight is 367 g/mol. The standard InChI is InChI=1S/C20H21N3O4/c1-10-8-21(10)19(26)14-5-15(20(27)22-9-11(22)2)7-16(6-14)23-17(24)12(3)13(4)18(23)25/h5-7,10-11H,8-9H2,1-4H3. The van der Waals surface area contributed by atoms with Crippen LogP contribution < -0.4 is 4.90 Å². The highest BCUT2D eigenvalue weighted by atomic mass is 16.2. The second-order valence-electron chi connectivity index (χ2n) is 7.58. The lowest BCUT2D eigenvalue weighted by Crippen LogP contribution is -2.32. The molecule has 2 atom stereocenters. The Hall–Kier alpha value is -2.96. The molecule has 4 amide bonds. The number of benzene rings is 1. The van der Waals surface area contributed by atoms with Crippen LogP contribution in [0.1, 0.15) is 48.4 Å². The molecule has 3 aliphatic rings. The molecular formula is C20H21N3O4. The predicted molar refractivity (Wildman–Crippen MR) is 98.3 cm³/mol. The van der Waals surface area contributed by atoms with Crippen LogP contribution in [0.15, 0.2) is 29.3 Å². The molecule has 2 fully saturated rings. The molecule has 0 saturated carbocycles. The van der Waals surface area contributed by atoms with Gasteiger partial charge in [-0.05, 0) is 45.9 Å². The summed E-state index contributed by atoms with van der Waals surface area (Å²) in [5.74, 6) is -1.23. The third kappa shape index (κ3) is 2.74. The third-order valence-electron chi connectivity index (χ3n) is 5.52. The maximum atomic E-state index is 12.7. The molecule has 0 spiro atoms. The Bertz CT molecular complexity index is 878. The van der Waals surface area contributed by atoms with Gasteiger partial charge in [-0.1, -0.05) is 0 Å². The molecule has 0 bridgehead atoms. The van der Waals surface area contributed by atoms with Gasteiger partial charge in [0.15, 0.2) is 0 Å². The van der Waals surface area contributed by atoms with Gasteiger partial charge in [-0.3, -0.25) is 19.2 Å². The number of carbonyl (C=O) groups is 4. The summed E-state index contributed by atoms with van der Waals surface area (Å²) in [7, 11) is 0. The molecule has 1 aromatic carbocycles. The van der Waals surface area contributed by atoms with Gasteiger partial charge < -0.3 is 9.80 Å². The first-order chi connectivity index (χ1) is 12.7. The van der Waals surface area contributed by atoms with Gasteiger partial charge in [-0.15, -0.1) is 0 Å². The number of nitrogens with zero attached hydrogens (tertiary/aromatic N) is 3. The smallest absolute Gasteiger partial charge is 0.261 e. The molecule has 3 aliphatic heterocycles. The van der Waals surface area contributed by atoms with Crippen molar-refractivity contribution in [1.82, 2.24) is 9.80 Å². The molecule has 0 radical (unpaired) electrons. The summed E-state index contributed by atoms with van der Waals surface area (Å²) >= 11 is 0. The van der Waals surface area contributed by atoms with Gasteiger partial charge >= 0.3 is 0 Å². The van der Waals surface area contributed by atoms with Gasteiger partial charge in [0, 0.05) is 47.4 Å². The minimum atomic E-state index is -0.416. The van der Waals surface area contributed by atoms with Crippen LogP contribution >= 0.6 is 0 Å². The summed E-state index contributed by atoms with van der Waals surface area (Å²) in [6.45, 7) is 8.41. The predicted octanol–water partition coefficient (Wildman–Crippen LogP) is 1.58. The first-order valence-corrected chi connectivity index (χ1v) is 9.04. The van der Waals surface area contributed by atoms with E-state index in [0.717, 1.165) is 4.90 Å². The van der Waals surface area contributed by atoms with Crippen molar-refractivity contribution < 1.29 is 19.2 Å². The van der Waals surface area contributed by atoms with Gasteiger partial charge in [0.05, 0.1) is 5.69 Å². The van der Waals surface area contributed by atoms with Crippen molar-refractivity contribution in [3.8, 4) is 0 Å². The Balaban J connectivity index is 1.77. The van der Waals surface area contributed by atoms with Crippen LogP contribution in [-0.2, 0) is 9.59 Å². The van der Waals surface area contributed by atoms with E-state index < -0.39 is 11.8 Å². The quantitative estimate of drug-likeness (QED) is 0.600. The molecule has 140 valence electrons. The van der Waals surface area contributed by atoms with Crippen molar-refractivity contribution >= 4 is 29.3 Å². The Kier molecular flexibility index (Phi) is 3.73. The molecule has 3 heterocycles. The number of hydrogen-bond acceptors (Lipinski definition) is 4. The Morgan fingerprint density at radius 1 is 0.815 bits per heavy atom. The zero-order valence-corrected chi connectivity index (χ0v) is 15.8. The van der Waals surface area contributed by atoms with Crippen molar-refractivity contribution in [3.05, 3.63) is 40.5 Å². The van der Waals surface area contributed by atoms with Gasteiger partial charge in [0.25, 0.3) is 23.6 Å². The number of amides is 4. The highest BCUT2D eigenvalue weighted by Gasteiger charge is 2.39. The van der Waals surface area contributed by atoms with E-state index in [-0.39, 0.29) is 29.6 Å². The maximum absolute atomic E-state index is 12.7. The van der Waals surface area contributed by atoms with E-state index in [9.17, 15) is 19.2 Å². The van der Waals surface area contributed by atoms with Crippen LogP contribution in [0.25, 0.3) is 0 Å². The summed E-state index contributed by atoms with van der Waals surface area (Å²) < 4.78 is 0. The lowest BCUT2D eigenvalue weighted by Gasteiger charge is -2.18. The third-order valence-corrected chi connectivity index (χ3v) is 5.52. The zero-order valence-electron chi connectivity index (χ0n) is 15.8. The van der Waals surface area contributed by atoms with Crippen LogP contribution in [0.2, 0.25) is 0 Å². The Labute approximate surface area is 157 Å². The summed E-state index contributed by atoms with van der Waals surface area (Å²) in [6, 6.07) is 4.93. The van der Waals surface area contributed by atoms with E-state index in [1.54, 1.807) is 29.7 Å². The number of imide groups is 1. The highest BCUT2D eigenvalue weighted by Crippen LogP contribution is 2.31. The van der Waals surface area contributed by atoms with E-state index in [1.165, 1.54) is 12.1 Å². The minimum Gasteiger partial charge on any atom is -0.332 e. The Morgan fingerprint density at radius 3 is 1.52 bits per heavy atom. The SMILES string of the molecule is CC1=C(C)C(=O)N(c2cc(C(=O)N3CC3C)cc(C(=O)N3CC3C)c2)C1=O. The summed E-state index contributed by atoms with van der Waals surface area (Å²) in [6.07, 6.45) is 0. The summed E-state index contributed by atoms with van der Waals surface area (Å²) in [5, 5.41) is 0. The number of carbonyl (C=O) groups excluding carboxylic acids is 4. The van der Waals surface area contributed by atoms with Crippen LogP contribution in [-0.4, -0.2) is 58.6 Å². The average Bonchev–Trinajstić information content (AvgIpc) is 3.55. The van der Waals surface area contributed by atoms with Gasteiger partial charge in [-0.25, -0.2) is 4.90 Å². The molecule has 1 aromatic rings. The lowest BCUT2D eigenvalue weighted by molar-refractivity contribution is -0.120. The zero-order chi connectivity index (χ0) is 19.6. The van der Waals surface area contributed by atoms with Crippen LogP contribution in [0, 0.1) is 0 Å². The monoisotopic (exact) mass is 367 g/mol. The molecule has 0 N–H and O–H groups in total. The topological polar surface area (TPSA) is 77.5 Å². The molecule has 2 unspecified atom stereocenters. The summed E-state index contributed by atoms with van der Waals surface area (Å²) in [4.78, 5) is 54.9. The molecule has 0 aromatic heterocycles. The maximum Gasteiger partial charge on any atom is 0.261 e.